The Morgan fingerprint density at radius 2 is 2.05 bits per heavy atom. The highest BCUT2D eigenvalue weighted by Gasteiger charge is 2.21. The number of nitrogens with zero attached hydrogens (tertiary/aromatic N) is 2. The van der Waals surface area contributed by atoms with Gasteiger partial charge in [-0.2, -0.15) is 5.10 Å². The van der Waals surface area contributed by atoms with E-state index in [0.717, 1.165) is 11.3 Å². The van der Waals surface area contributed by atoms with E-state index in [9.17, 15) is 8.42 Å². The summed E-state index contributed by atoms with van der Waals surface area (Å²) < 4.78 is 28.7. The predicted octanol–water partition coefficient (Wildman–Crippen LogP) is 2.10. The Morgan fingerprint density at radius 1 is 1.38 bits per heavy atom. The van der Waals surface area contributed by atoms with Gasteiger partial charge in [-0.15, -0.1) is 0 Å². The highest BCUT2D eigenvalue weighted by atomic mass is 35.5. The van der Waals surface area contributed by atoms with Gasteiger partial charge in [0.05, 0.1) is 21.4 Å². The van der Waals surface area contributed by atoms with Crippen molar-refractivity contribution in [3.05, 3.63) is 39.6 Å². The molecule has 0 unspecified atom stereocenters. The Kier molecular flexibility index (Phi) is 4.48. The monoisotopic (exact) mass is 348 g/mol. The van der Waals surface area contributed by atoms with Gasteiger partial charge >= 0.3 is 0 Å². The second-order valence-electron chi connectivity index (χ2n) is 4.51. The summed E-state index contributed by atoms with van der Waals surface area (Å²) in [5.74, 6) is 0. The number of aryl methyl sites for hydroxylation is 2. The molecule has 0 aliphatic heterocycles. The second-order valence-corrected chi connectivity index (χ2v) is 7.03. The van der Waals surface area contributed by atoms with Crippen LogP contribution in [0.3, 0.4) is 0 Å². The zero-order valence-electron chi connectivity index (χ0n) is 11.4. The van der Waals surface area contributed by atoms with Crippen molar-refractivity contribution in [1.29, 1.82) is 0 Å². The van der Waals surface area contributed by atoms with E-state index in [2.05, 4.69) is 9.82 Å². The highest BCUT2D eigenvalue weighted by Crippen LogP contribution is 2.33. The fourth-order valence-corrected chi connectivity index (χ4v) is 3.60. The number of nitrogens with one attached hydrogen (secondary N) is 1. The van der Waals surface area contributed by atoms with Crippen LogP contribution in [0.25, 0.3) is 0 Å². The minimum absolute atomic E-state index is 0.0405. The van der Waals surface area contributed by atoms with Gasteiger partial charge in [0.2, 0.25) is 10.0 Å². The minimum Gasteiger partial charge on any atom is -0.396 e. The Labute approximate surface area is 132 Å². The van der Waals surface area contributed by atoms with Gasteiger partial charge in [-0.3, -0.25) is 4.68 Å². The van der Waals surface area contributed by atoms with E-state index in [4.69, 9.17) is 28.9 Å². The maximum Gasteiger partial charge on any atom is 0.242 e. The topological polar surface area (TPSA) is 90.0 Å². The number of benzene rings is 1. The zero-order chi connectivity index (χ0) is 15.8. The molecule has 1 aromatic carbocycles. The number of hydrogen-bond donors (Lipinski definition) is 2. The van der Waals surface area contributed by atoms with Crippen molar-refractivity contribution in [2.45, 2.75) is 18.4 Å². The first-order valence-corrected chi connectivity index (χ1v) is 8.18. The quantitative estimate of drug-likeness (QED) is 0.827. The van der Waals surface area contributed by atoms with Gasteiger partial charge in [-0.1, -0.05) is 23.2 Å². The molecule has 0 saturated heterocycles. The van der Waals surface area contributed by atoms with Crippen molar-refractivity contribution in [2.24, 2.45) is 7.05 Å². The number of halogens is 2. The van der Waals surface area contributed by atoms with Crippen molar-refractivity contribution in [3.8, 4) is 0 Å². The van der Waals surface area contributed by atoms with Crippen molar-refractivity contribution in [2.75, 3.05) is 5.73 Å². The van der Waals surface area contributed by atoms with Crippen LogP contribution >= 0.6 is 23.2 Å². The van der Waals surface area contributed by atoms with E-state index in [1.165, 1.54) is 12.1 Å². The second kappa shape index (κ2) is 5.84. The van der Waals surface area contributed by atoms with Crippen LogP contribution in [0.1, 0.15) is 11.3 Å². The normalized spacial score (nSPS) is 11.8. The maximum atomic E-state index is 12.3. The maximum absolute atomic E-state index is 12.3. The van der Waals surface area contributed by atoms with Crippen LogP contribution in [0.2, 0.25) is 10.0 Å². The van der Waals surface area contributed by atoms with Crippen molar-refractivity contribution in [3.63, 3.8) is 0 Å². The third kappa shape index (κ3) is 3.32. The molecule has 0 fully saturated rings. The molecule has 3 N–H and O–H groups in total. The number of nitrogen functional groups attached to an aromatic ring is 1. The lowest BCUT2D eigenvalue weighted by Crippen LogP contribution is -2.24. The lowest BCUT2D eigenvalue weighted by Gasteiger charge is -2.10. The summed E-state index contributed by atoms with van der Waals surface area (Å²) in [7, 11) is -2.03. The van der Waals surface area contributed by atoms with Crippen LogP contribution in [0.5, 0.6) is 0 Å². The predicted molar refractivity (Wildman–Crippen MR) is 82.8 cm³/mol. The molecule has 0 aliphatic carbocycles. The summed E-state index contributed by atoms with van der Waals surface area (Å²) in [6, 6.07) is 2.71. The van der Waals surface area contributed by atoms with Crippen LogP contribution < -0.4 is 10.5 Å². The summed E-state index contributed by atoms with van der Waals surface area (Å²) >= 11 is 11.8. The molecule has 21 heavy (non-hydrogen) atoms. The molecule has 0 saturated carbocycles. The lowest BCUT2D eigenvalue weighted by molar-refractivity contribution is 0.581. The number of hydrogen-bond acceptors (Lipinski definition) is 4. The van der Waals surface area contributed by atoms with Crippen LogP contribution in [0.15, 0.2) is 23.2 Å². The fourth-order valence-electron chi connectivity index (χ4n) is 1.83. The molecule has 0 amide bonds. The van der Waals surface area contributed by atoms with Gasteiger partial charge in [-0.05, 0) is 19.1 Å². The molecule has 0 bridgehead atoms. The lowest BCUT2D eigenvalue weighted by atomic mass is 10.3. The average Bonchev–Trinajstić information content (AvgIpc) is 2.72. The number of anilines is 1. The molecule has 6 nitrogen and oxygen atoms in total. The molecular formula is C12H14Cl2N4O2S. The van der Waals surface area contributed by atoms with E-state index < -0.39 is 10.0 Å². The molecule has 2 rings (SSSR count). The Balaban J connectivity index is 2.27. The van der Waals surface area contributed by atoms with Crippen LogP contribution in [-0.2, 0) is 23.6 Å². The minimum atomic E-state index is -3.79. The van der Waals surface area contributed by atoms with Crippen LogP contribution in [-0.4, -0.2) is 18.2 Å². The fraction of sp³-hybridized carbons (Fsp3) is 0.250. The molecule has 1 aromatic heterocycles. The van der Waals surface area contributed by atoms with Gasteiger partial charge in [-0.25, -0.2) is 13.1 Å². The molecule has 0 aliphatic rings. The largest absolute Gasteiger partial charge is 0.396 e. The van der Waals surface area contributed by atoms with Crippen molar-refractivity contribution < 1.29 is 8.42 Å². The molecule has 114 valence electrons. The van der Waals surface area contributed by atoms with E-state index in [-0.39, 0.29) is 27.2 Å². The van der Waals surface area contributed by atoms with Gasteiger partial charge in [0.15, 0.2) is 0 Å². The van der Waals surface area contributed by atoms with Gasteiger partial charge in [0.25, 0.3) is 0 Å². The van der Waals surface area contributed by atoms with Crippen molar-refractivity contribution in [1.82, 2.24) is 14.5 Å². The standard InChI is InChI=1S/C12H14Cl2N4O2S/c1-7-8(6-18(2)17-7)5-16-21(19,20)10-4-3-9(13)12(15)11(10)14/h3-4,6,16H,5,15H2,1-2H3. The average molecular weight is 349 g/mol. The van der Waals surface area contributed by atoms with E-state index >= 15 is 0 Å². The highest BCUT2D eigenvalue weighted by molar-refractivity contribution is 7.89. The number of aromatic nitrogens is 2. The third-order valence-electron chi connectivity index (χ3n) is 2.95. The van der Waals surface area contributed by atoms with Crippen molar-refractivity contribution >= 4 is 38.9 Å². The SMILES string of the molecule is Cc1nn(C)cc1CNS(=O)(=O)c1ccc(Cl)c(N)c1Cl. The zero-order valence-corrected chi connectivity index (χ0v) is 13.7. The Morgan fingerprint density at radius 3 is 2.62 bits per heavy atom. The van der Waals surface area contributed by atoms with Gasteiger partial charge in [0.1, 0.15) is 4.90 Å². The van der Waals surface area contributed by atoms with E-state index in [0.29, 0.717) is 0 Å². The third-order valence-corrected chi connectivity index (χ3v) is 5.24. The molecule has 0 spiro atoms. The molecule has 0 atom stereocenters. The van der Waals surface area contributed by atoms with E-state index in [1.54, 1.807) is 24.9 Å². The smallest absolute Gasteiger partial charge is 0.242 e. The van der Waals surface area contributed by atoms with E-state index in [1.807, 2.05) is 0 Å². The van der Waals surface area contributed by atoms with Gasteiger partial charge in [0, 0.05) is 25.4 Å². The Hall–Kier alpha value is -1.28. The number of rotatable bonds is 4. The summed E-state index contributed by atoms with van der Waals surface area (Å²) in [6.07, 6.45) is 1.75. The van der Waals surface area contributed by atoms with Crippen LogP contribution in [0, 0.1) is 6.92 Å². The molecule has 0 radical (unpaired) electrons. The van der Waals surface area contributed by atoms with Gasteiger partial charge < -0.3 is 5.73 Å². The Bertz CT molecular complexity index is 787. The molecular weight excluding hydrogens is 335 g/mol. The molecule has 1 heterocycles. The first-order valence-electron chi connectivity index (χ1n) is 5.94. The summed E-state index contributed by atoms with van der Waals surface area (Å²) in [5.41, 5.74) is 7.21. The summed E-state index contributed by atoms with van der Waals surface area (Å²) in [6.45, 7) is 1.91. The first kappa shape index (κ1) is 16.1. The van der Waals surface area contributed by atoms with Crippen LogP contribution in [0.4, 0.5) is 5.69 Å². The first-order chi connectivity index (χ1) is 9.72. The molecule has 2 aromatic rings. The molecule has 9 heteroatoms. The summed E-state index contributed by atoms with van der Waals surface area (Å²) in [4.78, 5) is -0.104. The summed E-state index contributed by atoms with van der Waals surface area (Å²) in [5, 5.41) is 4.27. The number of sulfonamides is 1. The number of nitrogens with two attached hydrogens (primary N) is 1.